The number of aliphatic carboxylic acids is 1. The minimum Gasteiger partial charge on any atom is -0.491 e. The largest absolute Gasteiger partial charge is 0.491 e. The highest BCUT2D eigenvalue weighted by molar-refractivity contribution is 7.89. The number of ether oxygens (including phenoxy) is 1. The van der Waals surface area contributed by atoms with Gasteiger partial charge in [0.2, 0.25) is 10.0 Å². The highest BCUT2D eigenvalue weighted by Crippen LogP contribution is 2.23. The minimum absolute atomic E-state index is 0.0172. The molecule has 0 heterocycles. The van der Waals surface area contributed by atoms with Gasteiger partial charge in [-0.25, -0.2) is 17.5 Å². The maximum Gasteiger partial charge on any atom is 0.317 e. The van der Waals surface area contributed by atoms with Gasteiger partial charge in [-0.3, -0.25) is 4.79 Å². The summed E-state index contributed by atoms with van der Waals surface area (Å²) in [4.78, 5) is 10.4. The van der Waals surface area contributed by atoms with Crippen molar-refractivity contribution >= 4 is 16.0 Å². The summed E-state index contributed by atoms with van der Waals surface area (Å²) in [6, 6.07) is 3.83. The van der Waals surface area contributed by atoms with E-state index in [-0.39, 0.29) is 18.0 Å². The first kappa shape index (κ1) is 23.3. The number of unbranched alkanes of at least 4 members (excludes halogenated alkanes) is 2. The zero-order valence-electron chi connectivity index (χ0n) is 15.8. The Morgan fingerprint density at radius 3 is 2.70 bits per heavy atom. The number of halogens is 1. The molecule has 0 saturated heterocycles. The van der Waals surface area contributed by atoms with Crippen molar-refractivity contribution in [1.82, 2.24) is 10.0 Å². The average Bonchev–Trinajstić information content (AvgIpc) is 2.59. The van der Waals surface area contributed by atoms with Crippen LogP contribution in [0.4, 0.5) is 4.39 Å². The number of rotatable bonds is 14. The highest BCUT2D eigenvalue weighted by Gasteiger charge is 2.17. The standard InChI is InChI=1S/C18H29FN2O5S/c1-3-10-26-17-12-15(7-8-16(17)19)14(2)21-27(24,25)11-6-4-5-9-20-13-18(22)23/h7-8,12,14,20-21H,3-6,9-11,13H2,1-2H3,(H,22,23)/t14-/m0/s1. The lowest BCUT2D eigenvalue weighted by atomic mass is 10.1. The summed E-state index contributed by atoms with van der Waals surface area (Å²) >= 11 is 0. The third-order valence-corrected chi connectivity index (χ3v) is 5.35. The molecule has 0 aromatic heterocycles. The Hall–Kier alpha value is -1.71. The summed E-state index contributed by atoms with van der Waals surface area (Å²) in [5, 5.41) is 11.3. The normalized spacial score (nSPS) is 12.7. The van der Waals surface area contributed by atoms with Crippen molar-refractivity contribution < 1.29 is 27.4 Å². The molecule has 27 heavy (non-hydrogen) atoms. The van der Waals surface area contributed by atoms with Crippen LogP contribution in [0.3, 0.4) is 0 Å². The number of hydrogen-bond donors (Lipinski definition) is 3. The molecular weight excluding hydrogens is 375 g/mol. The Morgan fingerprint density at radius 1 is 1.30 bits per heavy atom. The lowest BCUT2D eigenvalue weighted by Gasteiger charge is -2.16. The summed E-state index contributed by atoms with van der Waals surface area (Å²) < 4.78 is 46.1. The molecule has 9 heteroatoms. The monoisotopic (exact) mass is 404 g/mol. The van der Waals surface area contributed by atoms with E-state index in [1.807, 2.05) is 6.92 Å². The van der Waals surface area contributed by atoms with Gasteiger partial charge in [-0.15, -0.1) is 0 Å². The van der Waals surface area contributed by atoms with Gasteiger partial charge in [-0.2, -0.15) is 0 Å². The minimum atomic E-state index is -3.47. The fourth-order valence-corrected chi connectivity index (χ4v) is 3.80. The number of sulfonamides is 1. The van der Waals surface area contributed by atoms with E-state index in [1.165, 1.54) is 18.2 Å². The van der Waals surface area contributed by atoms with E-state index < -0.39 is 27.9 Å². The molecule has 0 amide bonds. The number of hydrogen-bond acceptors (Lipinski definition) is 5. The second kappa shape index (κ2) is 11.9. The first-order chi connectivity index (χ1) is 12.7. The smallest absolute Gasteiger partial charge is 0.317 e. The molecule has 0 fully saturated rings. The molecule has 1 aromatic carbocycles. The van der Waals surface area contributed by atoms with Gasteiger partial charge >= 0.3 is 5.97 Å². The maximum absolute atomic E-state index is 13.7. The summed E-state index contributed by atoms with van der Waals surface area (Å²) in [6.45, 7) is 4.44. The van der Waals surface area contributed by atoms with Gasteiger partial charge in [-0.1, -0.05) is 19.4 Å². The van der Waals surface area contributed by atoms with E-state index in [1.54, 1.807) is 6.92 Å². The molecule has 3 N–H and O–H groups in total. The van der Waals surface area contributed by atoms with Gasteiger partial charge in [0.25, 0.3) is 0 Å². The third kappa shape index (κ3) is 9.69. The van der Waals surface area contributed by atoms with Gasteiger partial charge in [0, 0.05) is 6.04 Å². The molecule has 0 bridgehead atoms. The van der Waals surface area contributed by atoms with Crippen LogP contribution in [-0.4, -0.2) is 44.9 Å². The van der Waals surface area contributed by atoms with Crippen molar-refractivity contribution in [2.24, 2.45) is 0 Å². The Balaban J connectivity index is 2.45. The summed E-state index contributed by atoms with van der Waals surface area (Å²) in [7, 11) is -3.47. The fourth-order valence-electron chi connectivity index (χ4n) is 2.42. The highest BCUT2D eigenvalue weighted by atomic mass is 32.2. The number of nitrogens with one attached hydrogen (secondary N) is 2. The molecule has 154 valence electrons. The fraction of sp³-hybridized carbons (Fsp3) is 0.611. The van der Waals surface area contributed by atoms with E-state index in [0.29, 0.717) is 38.0 Å². The molecule has 0 aliphatic carbocycles. The van der Waals surface area contributed by atoms with E-state index in [2.05, 4.69) is 10.0 Å². The van der Waals surface area contributed by atoms with Crippen LogP contribution >= 0.6 is 0 Å². The predicted molar refractivity (Wildman–Crippen MR) is 102 cm³/mol. The van der Waals surface area contributed by atoms with Crippen LogP contribution in [0.2, 0.25) is 0 Å². The summed E-state index contributed by atoms with van der Waals surface area (Å²) in [5.74, 6) is -1.29. The van der Waals surface area contributed by atoms with Crippen LogP contribution in [0.15, 0.2) is 18.2 Å². The predicted octanol–water partition coefficient (Wildman–Crippen LogP) is 2.44. The van der Waals surface area contributed by atoms with Gasteiger partial charge in [0.15, 0.2) is 11.6 Å². The van der Waals surface area contributed by atoms with Gasteiger partial charge < -0.3 is 15.2 Å². The molecule has 0 radical (unpaired) electrons. The van der Waals surface area contributed by atoms with Gasteiger partial charge in [0.1, 0.15) is 0 Å². The SMILES string of the molecule is CCCOc1cc([C@H](C)NS(=O)(=O)CCCCCNCC(=O)O)ccc1F. The van der Waals surface area contributed by atoms with E-state index in [0.717, 1.165) is 6.42 Å². The van der Waals surface area contributed by atoms with E-state index >= 15 is 0 Å². The van der Waals surface area contributed by atoms with Gasteiger partial charge in [0.05, 0.1) is 18.9 Å². The average molecular weight is 405 g/mol. The third-order valence-electron chi connectivity index (χ3n) is 3.82. The molecule has 0 aliphatic heterocycles. The van der Waals surface area contributed by atoms with Crippen LogP contribution in [0, 0.1) is 5.82 Å². The molecule has 1 atom stereocenters. The van der Waals surface area contributed by atoms with Gasteiger partial charge in [-0.05, 0) is 50.4 Å². The molecular formula is C18H29FN2O5S. The number of carboxylic acids is 1. The second-order valence-electron chi connectivity index (χ2n) is 6.33. The molecule has 7 nitrogen and oxygen atoms in total. The topological polar surface area (TPSA) is 105 Å². The molecule has 0 aliphatic rings. The van der Waals surface area contributed by atoms with Crippen molar-refractivity contribution in [3.8, 4) is 5.75 Å². The number of carbonyl (C=O) groups is 1. The van der Waals surface area contributed by atoms with E-state index in [4.69, 9.17) is 9.84 Å². The first-order valence-corrected chi connectivity index (χ1v) is 10.7. The van der Waals surface area contributed by atoms with Crippen LogP contribution in [0.5, 0.6) is 5.75 Å². The van der Waals surface area contributed by atoms with Crippen LogP contribution in [0.25, 0.3) is 0 Å². The maximum atomic E-state index is 13.7. The lowest BCUT2D eigenvalue weighted by molar-refractivity contribution is -0.135. The van der Waals surface area contributed by atoms with Crippen molar-refractivity contribution in [3.63, 3.8) is 0 Å². The zero-order valence-corrected chi connectivity index (χ0v) is 16.6. The van der Waals surface area contributed by atoms with Crippen molar-refractivity contribution in [3.05, 3.63) is 29.6 Å². The quantitative estimate of drug-likeness (QED) is 0.412. The number of benzene rings is 1. The van der Waals surface area contributed by atoms with Crippen molar-refractivity contribution in [2.45, 2.75) is 45.6 Å². The Bertz CT molecular complexity index is 697. The number of carboxylic acid groups (broad SMARTS) is 1. The first-order valence-electron chi connectivity index (χ1n) is 9.10. The molecule has 0 spiro atoms. The van der Waals surface area contributed by atoms with Crippen molar-refractivity contribution in [1.29, 1.82) is 0 Å². The molecule has 0 unspecified atom stereocenters. The molecule has 1 aromatic rings. The van der Waals surface area contributed by atoms with Crippen molar-refractivity contribution in [2.75, 3.05) is 25.4 Å². The molecule has 1 rings (SSSR count). The summed E-state index contributed by atoms with van der Waals surface area (Å²) in [5.41, 5.74) is 0.629. The lowest BCUT2D eigenvalue weighted by Crippen LogP contribution is -2.29. The van der Waals surface area contributed by atoms with Crippen LogP contribution < -0.4 is 14.8 Å². The summed E-state index contributed by atoms with van der Waals surface area (Å²) in [6.07, 6.45) is 2.60. The second-order valence-corrected chi connectivity index (χ2v) is 8.20. The Kier molecular flexibility index (Phi) is 10.3. The Labute approximate surface area is 160 Å². The van der Waals surface area contributed by atoms with E-state index in [9.17, 15) is 17.6 Å². The molecule has 0 saturated carbocycles. The van der Waals surface area contributed by atoms with Crippen LogP contribution in [0.1, 0.15) is 51.1 Å². The zero-order chi connectivity index (χ0) is 20.3. The van der Waals surface area contributed by atoms with Crippen LogP contribution in [-0.2, 0) is 14.8 Å². The Morgan fingerprint density at radius 2 is 2.04 bits per heavy atom.